The van der Waals surface area contributed by atoms with Crippen molar-refractivity contribution >= 4 is 23.3 Å². The summed E-state index contributed by atoms with van der Waals surface area (Å²) in [5.41, 5.74) is 0.269. The third-order valence-electron chi connectivity index (χ3n) is 3.75. The number of carbonyl (C=O) groups excluding carboxylic acids is 2. The van der Waals surface area contributed by atoms with Gasteiger partial charge in [0.25, 0.3) is 0 Å². The van der Waals surface area contributed by atoms with Gasteiger partial charge in [0.1, 0.15) is 0 Å². The smallest absolute Gasteiger partial charge is 0.427 e. The zero-order valence-corrected chi connectivity index (χ0v) is 14.5. The van der Waals surface area contributed by atoms with Gasteiger partial charge in [-0.15, -0.1) is 0 Å². The number of benzene rings is 1. The highest BCUT2D eigenvalue weighted by Gasteiger charge is 2.56. The first kappa shape index (κ1) is 20.4. The molecule has 26 heavy (non-hydrogen) atoms. The van der Waals surface area contributed by atoms with Gasteiger partial charge in [0.05, 0.1) is 6.26 Å². The monoisotopic (exact) mass is 392 g/mol. The summed E-state index contributed by atoms with van der Waals surface area (Å²) in [4.78, 5) is 23.8. The van der Waals surface area contributed by atoms with Crippen molar-refractivity contribution in [2.45, 2.75) is 48.5 Å². The van der Waals surface area contributed by atoms with E-state index in [1.807, 2.05) is 0 Å². The van der Waals surface area contributed by atoms with Crippen LogP contribution in [0.1, 0.15) is 35.2 Å². The summed E-state index contributed by atoms with van der Waals surface area (Å²) in [6.45, 7) is 1.41. The molecule has 2 rings (SSSR count). The maximum absolute atomic E-state index is 13.4. The molecule has 0 saturated heterocycles. The summed E-state index contributed by atoms with van der Waals surface area (Å²) in [5.74, 6) is -0.734. The Hall–Kier alpha value is -1.87. The number of carbonyl (C=O) groups is 2. The predicted octanol–water partition coefficient (Wildman–Crippen LogP) is 4.10. The van der Waals surface area contributed by atoms with E-state index in [0.29, 0.717) is 6.42 Å². The van der Waals surface area contributed by atoms with Crippen molar-refractivity contribution in [3.05, 3.63) is 41.7 Å². The molecule has 0 bridgehead atoms. The van der Waals surface area contributed by atoms with Crippen molar-refractivity contribution < 1.29 is 37.0 Å². The van der Waals surface area contributed by atoms with Gasteiger partial charge in [0.15, 0.2) is 17.7 Å². The standard InChI is InChI=1S/C17H16F4O4S/c1-10-4-5-11(9-15(10)26-17(20,21)16(18,19)24)12(22)6-7-13(23)14-3-2-8-25-14/h2,4-5,8-9,14,24H,3,6-7H2,1H3. The van der Waals surface area contributed by atoms with Crippen LogP contribution in [0.5, 0.6) is 0 Å². The molecule has 9 heteroatoms. The highest BCUT2D eigenvalue weighted by Crippen LogP contribution is 2.46. The number of hydrogen-bond acceptors (Lipinski definition) is 5. The Morgan fingerprint density at radius 3 is 2.54 bits per heavy atom. The van der Waals surface area contributed by atoms with Crippen LogP contribution in [0.4, 0.5) is 17.6 Å². The highest BCUT2D eigenvalue weighted by molar-refractivity contribution is 8.00. The summed E-state index contributed by atoms with van der Waals surface area (Å²) >= 11 is -0.525. The molecular weight excluding hydrogens is 376 g/mol. The van der Waals surface area contributed by atoms with Crippen molar-refractivity contribution in [3.8, 4) is 0 Å². The Labute approximate surface area is 151 Å². The Morgan fingerprint density at radius 1 is 1.27 bits per heavy atom. The van der Waals surface area contributed by atoms with E-state index in [2.05, 4.69) is 0 Å². The fraction of sp³-hybridized carbons (Fsp3) is 0.412. The van der Waals surface area contributed by atoms with Crippen molar-refractivity contribution in [2.24, 2.45) is 0 Å². The van der Waals surface area contributed by atoms with E-state index in [0.717, 1.165) is 6.07 Å². The molecule has 4 nitrogen and oxygen atoms in total. The molecule has 0 saturated carbocycles. The topological polar surface area (TPSA) is 63.6 Å². The van der Waals surface area contributed by atoms with Crippen molar-refractivity contribution in [3.63, 3.8) is 0 Å². The number of ketones is 2. The molecule has 1 aliphatic heterocycles. The third-order valence-corrected chi connectivity index (χ3v) is 4.91. The van der Waals surface area contributed by atoms with E-state index >= 15 is 0 Å². The van der Waals surface area contributed by atoms with Crippen molar-refractivity contribution in [1.82, 2.24) is 0 Å². The lowest BCUT2D eigenvalue weighted by molar-refractivity contribution is -0.287. The minimum Gasteiger partial charge on any atom is -0.490 e. The Kier molecular flexibility index (Phi) is 6.13. The van der Waals surface area contributed by atoms with E-state index in [1.54, 1.807) is 6.08 Å². The fourth-order valence-electron chi connectivity index (χ4n) is 2.22. The molecule has 1 aromatic rings. The van der Waals surface area contributed by atoms with Crippen LogP contribution < -0.4 is 0 Å². The van der Waals surface area contributed by atoms with Crippen LogP contribution >= 0.6 is 11.8 Å². The molecular formula is C17H16F4O4S. The SMILES string of the molecule is Cc1ccc(C(=O)CCC(=O)C2CC=CO2)cc1SC(F)(F)C(O)(F)F. The number of alkyl halides is 4. The molecule has 142 valence electrons. The third kappa shape index (κ3) is 4.85. The van der Waals surface area contributed by atoms with Crippen LogP contribution in [0.25, 0.3) is 0 Å². The first-order valence-electron chi connectivity index (χ1n) is 7.65. The maximum atomic E-state index is 13.4. The quantitative estimate of drug-likeness (QED) is 0.410. The number of Topliss-reactive ketones (excluding diaryl/α,β-unsaturated/α-hetero) is 2. The van der Waals surface area contributed by atoms with E-state index in [-0.39, 0.29) is 34.6 Å². The zero-order chi connectivity index (χ0) is 19.5. The van der Waals surface area contributed by atoms with Gasteiger partial charge in [-0.1, -0.05) is 12.1 Å². The lowest BCUT2D eigenvalue weighted by atomic mass is 10.0. The maximum Gasteiger partial charge on any atom is 0.427 e. The van der Waals surface area contributed by atoms with Crippen LogP contribution in [0, 0.1) is 6.92 Å². The summed E-state index contributed by atoms with van der Waals surface area (Å²) in [5, 5.41) is 3.55. The molecule has 0 amide bonds. The number of aryl methyl sites for hydroxylation is 1. The molecule has 0 aliphatic carbocycles. The second kappa shape index (κ2) is 7.79. The zero-order valence-electron chi connectivity index (χ0n) is 13.7. The van der Waals surface area contributed by atoms with Gasteiger partial charge in [0, 0.05) is 29.7 Å². The molecule has 0 fully saturated rings. The van der Waals surface area contributed by atoms with Gasteiger partial charge < -0.3 is 9.84 Å². The average Bonchev–Trinajstić information content (AvgIpc) is 3.07. The summed E-state index contributed by atoms with van der Waals surface area (Å²) in [7, 11) is 0. The number of hydrogen-bond donors (Lipinski definition) is 1. The molecule has 0 radical (unpaired) electrons. The number of aliphatic hydroxyl groups is 1. The van der Waals surface area contributed by atoms with E-state index in [4.69, 9.17) is 9.84 Å². The molecule has 0 aromatic heterocycles. The van der Waals surface area contributed by atoms with Gasteiger partial charge in [0.2, 0.25) is 0 Å². The van der Waals surface area contributed by atoms with Crippen molar-refractivity contribution in [1.29, 1.82) is 0 Å². The largest absolute Gasteiger partial charge is 0.490 e. The molecule has 1 heterocycles. The van der Waals surface area contributed by atoms with Crippen LogP contribution in [0.2, 0.25) is 0 Å². The van der Waals surface area contributed by atoms with Gasteiger partial charge >= 0.3 is 11.4 Å². The minimum atomic E-state index is -5.20. The summed E-state index contributed by atoms with van der Waals surface area (Å²) < 4.78 is 57.0. The van der Waals surface area contributed by atoms with Crippen LogP contribution in [0.15, 0.2) is 35.4 Å². The minimum absolute atomic E-state index is 0.0217. The van der Waals surface area contributed by atoms with Crippen LogP contribution in [0.3, 0.4) is 0 Å². The summed E-state index contributed by atoms with van der Waals surface area (Å²) in [6.07, 6.45) is -2.52. The number of ether oxygens (including phenoxy) is 1. The molecule has 0 spiro atoms. The van der Waals surface area contributed by atoms with Gasteiger partial charge in [-0.3, -0.25) is 9.59 Å². The molecule has 1 atom stereocenters. The number of rotatable bonds is 8. The fourth-order valence-corrected chi connectivity index (χ4v) is 3.03. The Bertz CT molecular complexity index is 720. The second-order valence-corrected chi connectivity index (χ2v) is 6.92. The highest BCUT2D eigenvalue weighted by atomic mass is 32.2. The first-order chi connectivity index (χ1) is 12.0. The molecule has 1 aliphatic rings. The Morgan fingerprint density at radius 2 is 1.96 bits per heavy atom. The summed E-state index contributed by atoms with van der Waals surface area (Å²) in [6, 6.07) is 3.77. The lowest BCUT2D eigenvalue weighted by Crippen LogP contribution is -2.37. The predicted molar refractivity (Wildman–Crippen MR) is 86.4 cm³/mol. The van der Waals surface area contributed by atoms with E-state index in [9.17, 15) is 27.2 Å². The van der Waals surface area contributed by atoms with Gasteiger partial charge in [-0.25, -0.2) is 0 Å². The lowest BCUT2D eigenvalue weighted by Gasteiger charge is -2.21. The second-order valence-electron chi connectivity index (χ2n) is 5.76. The van der Waals surface area contributed by atoms with E-state index < -0.39 is 35.0 Å². The number of halogens is 4. The van der Waals surface area contributed by atoms with E-state index in [1.165, 1.54) is 25.3 Å². The van der Waals surface area contributed by atoms with Gasteiger partial charge in [-0.2, -0.15) is 17.6 Å². The Balaban J connectivity index is 2.05. The van der Waals surface area contributed by atoms with Crippen molar-refractivity contribution in [2.75, 3.05) is 0 Å². The normalized spacial score (nSPS) is 17.2. The number of thioether (sulfide) groups is 1. The molecule has 1 unspecified atom stereocenters. The van der Waals surface area contributed by atoms with Crippen LogP contribution in [-0.2, 0) is 9.53 Å². The molecule has 1 aromatic carbocycles. The van der Waals surface area contributed by atoms with Gasteiger partial charge in [-0.05, 0) is 36.4 Å². The first-order valence-corrected chi connectivity index (χ1v) is 8.47. The molecule has 1 N–H and O–H groups in total. The average molecular weight is 392 g/mol. The van der Waals surface area contributed by atoms with Crippen LogP contribution in [-0.4, -0.2) is 34.1 Å².